The minimum Gasteiger partial charge on any atom is -0.373 e. The van der Waals surface area contributed by atoms with Crippen LogP contribution in [0.4, 0.5) is 0 Å². The van der Waals surface area contributed by atoms with Gasteiger partial charge in [0, 0.05) is 12.3 Å². The minimum absolute atomic E-state index is 0.0800. The van der Waals surface area contributed by atoms with Gasteiger partial charge in [-0.15, -0.1) is 0 Å². The molecular formula is C8H12N2O3. The van der Waals surface area contributed by atoms with Crippen LogP contribution in [0.1, 0.15) is 20.1 Å². The molecule has 0 fully saturated rings. The number of rotatable bonds is 2. The van der Waals surface area contributed by atoms with Gasteiger partial charge in [-0.3, -0.25) is 14.3 Å². The SMILES string of the molecule is CC(C)C(O)n1ccc(=O)[nH]c1=O. The first-order valence-corrected chi connectivity index (χ1v) is 4.02. The number of aromatic nitrogens is 2. The fourth-order valence-electron chi connectivity index (χ4n) is 0.957. The van der Waals surface area contributed by atoms with Crippen LogP contribution in [0.3, 0.4) is 0 Å². The van der Waals surface area contributed by atoms with Gasteiger partial charge in [0.2, 0.25) is 0 Å². The monoisotopic (exact) mass is 184 g/mol. The summed E-state index contributed by atoms with van der Waals surface area (Å²) in [6, 6.07) is 1.20. The molecule has 0 amide bonds. The van der Waals surface area contributed by atoms with E-state index in [-0.39, 0.29) is 5.92 Å². The van der Waals surface area contributed by atoms with Crippen molar-refractivity contribution in [2.24, 2.45) is 5.92 Å². The van der Waals surface area contributed by atoms with Crippen LogP contribution in [0.5, 0.6) is 0 Å². The van der Waals surface area contributed by atoms with Crippen molar-refractivity contribution in [3.63, 3.8) is 0 Å². The third-order valence-electron chi connectivity index (χ3n) is 1.73. The van der Waals surface area contributed by atoms with Gasteiger partial charge >= 0.3 is 5.69 Å². The number of hydrogen-bond acceptors (Lipinski definition) is 3. The summed E-state index contributed by atoms with van der Waals surface area (Å²) < 4.78 is 1.09. The van der Waals surface area contributed by atoms with Crippen molar-refractivity contribution in [3.8, 4) is 0 Å². The standard InChI is InChI=1S/C8H12N2O3/c1-5(2)7(12)10-4-3-6(11)9-8(10)13/h3-5,7,12H,1-2H3,(H,9,11,13). The zero-order valence-corrected chi connectivity index (χ0v) is 7.52. The van der Waals surface area contributed by atoms with Crippen molar-refractivity contribution in [1.82, 2.24) is 9.55 Å². The maximum Gasteiger partial charge on any atom is 0.330 e. The van der Waals surface area contributed by atoms with Crippen molar-refractivity contribution in [3.05, 3.63) is 33.1 Å². The highest BCUT2D eigenvalue weighted by atomic mass is 16.3. The van der Waals surface area contributed by atoms with Gasteiger partial charge in [-0.25, -0.2) is 4.79 Å². The zero-order valence-electron chi connectivity index (χ0n) is 7.52. The molecule has 1 aromatic rings. The summed E-state index contributed by atoms with van der Waals surface area (Å²) in [6.45, 7) is 3.56. The van der Waals surface area contributed by atoms with Gasteiger partial charge in [0.15, 0.2) is 0 Å². The highest BCUT2D eigenvalue weighted by molar-refractivity contribution is 4.84. The fraction of sp³-hybridized carbons (Fsp3) is 0.500. The molecule has 0 radical (unpaired) electrons. The van der Waals surface area contributed by atoms with Crippen LogP contribution in [0.15, 0.2) is 21.9 Å². The topological polar surface area (TPSA) is 75.1 Å². The predicted molar refractivity (Wildman–Crippen MR) is 47.4 cm³/mol. The van der Waals surface area contributed by atoms with E-state index in [2.05, 4.69) is 4.98 Å². The summed E-state index contributed by atoms with van der Waals surface area (Å²) in [5, 5.41) is 9.51. The number of hydrogen-bond donors (Lipinski definition) is 2. The first kappa shape index (κ1) is 9.73. The molecule has 5 heteroatoms. The number of nitrogens with one attached hydrogen (secondary N) is 1. The number of H-pyrrole nitrogens is 1. The Hall–Kier alpha value is -1.36. The molecule has 1 unspecified atom stereocenters. The van der Waals surface area contributed by atoms with Crippen molar-refractivity contribution < 1.29 is 5.11 Å². The third-order valence-corrected chi connectivity index (χ3v) is 1.73. The smallest absolute Gasteiger partial charge is 0.330 e. The Morgan fingerprint density at radius 3 is 2.54 bits per heavy atom. The molecular weight excluding hydrogens is 172 g/mol. The van der Waals surface area contributed by atoms with Crippen LogP contribution in [0.25, 0.3) is 0 Å². The van der Waals surface area contributed by atoms with Gasteiger partial charge in [-0.2, -0.15) is 0 Å². The molecule has 1 aromatic heterocycles. The molecule has 1 heterocycles. The summed E-state index contributed by atoms with van der Waals surface area (Å²) >= 11 is 0. The molecule has 1 atom stereocenters. The van der Waals surface area contributed by atoms with Gasteiger partial charge < -0.3 is 5.11 Å². The van der Waals surface area contributed by atoms with E-state index in [9.17, 15) is 14.7 Å². The van der Waals surface area contributed by atoms with Gasteiger partial charge in [0.1, 0.15) is 6.23 Å². The highest BCUT2D eigenvalue weighted by Gasteiger charge is 2.12. The maximum absolute atomic E-state index is 11.1. The third kappa shape index (κ3) is 2.06. The molecule has 1 rings (SSSR count). The molecule has 0 aliphatic heterocycles. The number of aliphatic hydroxyl groups is 1. The second-order valence-electron chi connectivity index (χ2n) is 3.18. The van der Waals surface area contributed by atoms with E-state index in [1.165, 1.54) is 12.3 Å². The van der Waals surface area contributed by atoms with Crippen LogP contribution < -0.4 is 11.2 Å². The minimum atomic E-state index is -0.899. The predicted octanol–water partition coefficient (Wildman–Crippen LogP) is -0.316. The van der Waals surface area contributed by atoms with E-state index < -0.39 is 17.5 Å². The van der Waals surface area contributed by atoms with Crippen molar-refractivity contribution in [2.75, 3.05) is 0 Å². The first-order chi connectivity index (χ1) is 6.02. The van der Waals surface area contributed by atoms with Crippen LogP contribution in [0.2, 0.25) is 0 Å². The quantitative estimate of drug-likeness (QED) is 0.661. The van der Waals surface area contributed by atoms with E-state index in [0.29, 0.717) is 0 Å². The van der Waals surface area contributed by atoms with E-state index in [1.54, 1.807) is 13.8 Å². The van der Waals surface area contributed by atoms with Gasteiger partial charge in [0.25, 0.3) is 5.56 Å². The molecule has 0 spiro atoms. The summed E-state index contributed by atoms with van der Waals surface area (Å²) in [7, 11) is 0. The normalized spacial score (nSPS) is 13.2. The largest absolute Gasteiger partial charge is 0.373 e. The Balaban J connectivity index is 3.17. The Morgan fingerprint density at radius 1 is 1.46 bits per heavy atom. The summed E-state index contributed by atoms with van der Waals surface area (Å²) in [5.74, 6) is -0.0800. The lowest BCUT2D eigenvalue weighted by Crippen LogP contribution is -2.33. The van der Waals surface area contributed by atoms with E-state index in [0.717, 1.165) is 4.57 Å². The van der Waals surface area contributed by atoms with Crippen molar-refractivity contribution >= 4 is 0 Å². The summed E-state index contributed by atoms with van der Waals surface area (Å²) in [4.78, 5) is 23.9. The van der Waals surface area contributed by atoms with Crippen LogP contribution >= 0.6 is 0 Å². The number of aromatic amines is 1. The zero-order chi connectivity index (χ0) is 10.0. The Kier molecular flexibility index (Phi) is 2.67. The second-order valence-corrected chi connectivity index (χ2v) is 3.18. The maximum atomic E-state index is 11.1. The lowest BCUT2D eigenvalue weighted by atomic mass is 10.2. The van der Waals surface area contributed by atoms with Crippen LogP contribution in [-0.2, 0) is 0 Å². The van der Waals surface area contributed by atoms with E-state index in [1.807, 2.05) is 0 Å². The molecule has 0 saturated heterocycles. The average molecular weight is 184 g/mol. The molecule has 2 N–H and O–H groups in total. The van der Waals surface area contributed by atoms with Gasteiger partial charge in [-0.05, 0) is 5.92 Å². The molecule has 0 aliphatic carbocycles. The van der Waals surface area contributed by atoms with Crippen molar-refractivity contribution in [2.45, 2.75) is 20.1 Å². The Labute approximate surface area is 74.7 Å². The molecule has 72 valence electrons. The van der Waals surface area contributed by atoms with Gasteiger partial charge in [-0.1, -0.05) is 13.8 Å². The van der Waals surface area contributed by atoms with E-state index >= 15 is 0 Å². The lowest BCUT2D eigenvalue weighted by Gasteiger charge is -2.16. The van der Waals surface area contributed by atoms with Crippen molar-refractivity contribution in [1.29, 1.82) is 0 Å². The van der Waals surface area contributed by atoms with Crippen LogP contribution in [0, 0.1) is 5.92 Å². The number of nitrogens with zero attached hydrogens (tertiary/aromatic N) is 1. The highest BCUT2D eigenvalue weighted by Crippen LogP contribution is 2.09. The molecule has 0 aliphatic rings. The Bertz CT molecular complexity index is 391. The second kappa shape index (κ2) is 3.57. The molecule has 0 aromatic carbocycles. The summed E-state index contributed by atoms with van der Waals surface area (Å²) in [5.41, 5.74) is -1.05. The average Bonchev–Trinajstić information content (AvgIpc) is 2.03. The fourth-order valence-corrected chi connectivity index (χ4v) is 0.957. The Morgan fingerprint density at radius 2 is 2.08 bits per heavy atom. The molecule has 5 nitrogen and oxygen atoms in total. The molecule has 13 heavy (non-hydrogen) atoms. The van der Waals surface area contributed by atoms with Crippen LogP contribution in [-0.4, -0.2) is 14.7 Å². The lowest BCUT2D eigenvalue weighted by molar-refractivity contribution is 0.0519. The van der Waals surface area contributed by atoms with E-state index in [4.69, 9.17) is 0 Å². The van der Waals surface area contributed by atoms with Gasteiger partial charge in [0.05, 0.1) is 0 Å². The molecule has 0 bridgehead atoms. The molecule has 0 saturated carbocycles. The first-order valence-electron chi connectivity index (χ1n) is 4.02. The number of aliphatic hydroxyl groups excluding tert-OH is 1. The summed E-state index contributed by atoms with van der Waals surface area (Å²) in [6.07, 6.45) is 0.385.